The zero-order valence-corrected chi connectivity index (χ0v) is 35.8. The SMILES string of the molecule is CC[C@H]1OC(=O)C[C@@H](O)[C@H](C)[C@@H](O[C@@H]2O[C@H](C)[C@@H](O)C(N(C)C)C2O)[C@@H](CCN(C)Cc2cn(-c3ccc4ccccc4c3)nn2)C[C@@H](C)C(=O)/C=C/C(C)=C/[C@@H]1CO. The van der Waals surface area contributed by atoms with E-state index >= 15 is 0 Å². The normalized spacial score (nSPS) is 33.2. The molecule has 3 heterocycles. The largest absolute Gasteiger partial charge is 0.462 e. The van der Waals surface area contributed by atoms with Gasteiger partial charge in [-0.1, -0.05) is 74.0 Å². The molecule has 324 valence electrons. The van der Waals surface area contributed by atoms with Gasteiger partial charge >= 0.3 is 5.97 Å². The second kappa shape index (κ2) is 21.1. The summed E-state index contributed by atoms with van der Waals surface area (Å²) in [4.78, 5) is 31.0. The number of ether oxygens (including phenoxy) is 3. The van der Waals surface area contributed by atoms with Crippen LogP contribution in [0.25, 0.3) is 16.5 Å². The number of ketones is 1. The third-order valence-electron chi connectivity index (χ3n) is 12.0. The van der Waals surface area contributed by atoms with E-state index in [0.717, 1.165) is 27.7 Å². The second-order valence-corrected chi connectivity index (χ2v) is 16.9. The van der Waals surface area contributed by atoms with Crippen LogP contribution < -0.4 is 0 Å². The van der Waals surface area contributed by atoms with Crippen LogP contribution in [0.4, 0.5) is 0 Å². The lowest BCUT2D eigenvalue weighted by Crippen LogP contribution is -2.63. The molecule has 59 heavy (non-hydrogen) atoms. The van der Waals surface area contributed by atoms with Gasteiger partial charge in [0, 0.05) is 24.3 Å². The first-order valence-corrected chi connectivity index (χ1v) is 20.9. The number of fused-ring (bicyclic) bond motifs is 1. The Morgan fingerprint density at radius 1 is 0.983 bits per heavy atom. The Morgan fingerprint density at radius 2 is 1.71 bits per heavy atom. The van der Waals surface area contributed by atoms with Gasteiger partial charge in [-0.3, -0.25) is 9.59 Å². The molecule has 0 radical (unpaired) electrons. The van der Waals surface area contributed by atoms with Gasteiger partial charge in [0.2, 0.25) is 0 Å². The summed E-state index contributed by atoms with van der Waals surface area (Å²) in [5, 5.41) is 55.6. The smallest absolute Gasteiger partial charge is 0.308 e. The Morgan fingerprint density at radius 3 is 2.41 bits per heavy atom. The quantitative estimate of drug-likeness (QED) is 0.204. The molecule has 12 atom stereocenters. The Bertz CT molecular complexity index is 1900. The minimum Gasteiger partial charge on any atom is -0.462 e. The van der Waals surface area contributed by atoms with Gasteiger partial charge in [-0.05, 0) is 95.7 Å². The Labute approximate surface area is 348 Å². The van der Waals surface area contributed by atoms with Crippen LogP contribution in [-0.2, 0) is 30.3 Å². The molecule has 0 aliphatic carbocycles. The van der Waals surface area contributed by atoms with Crippen molar-refractivity contribution in [3.63, 3.8) is 0 Å². The highest BCUT2D eigenvalue weighted by molar-refractivity contribution is 5.91. The number of carbonyl (C=O) groups is 2. The van der Waals surface area contributed by atoms with Gasteiger partial charge < -0.3 is 44.4 Å². The van der Waals surface area contributed by atoms with Crippen LogP contribution in [0.5, 0.6) is 0 Å². The number of nitrogens with zero attached hydrogens (tertiary/aromatic N) is 5. The standard InChI is InChI=1S/C45H65N5O9/c1-9-39-34(26-51)20-27(2)14-17-37(52)28(3)21-33(18-19-49(8)24-35-25-50(47-46-35)36-16-15-31-12-10-11-13-32(31)22-36)44(29(4)38(53)23-40(54)58-39)59-45-43(56)41(48(6)7)42(55)30(5)57-45/h10-17,20,22,25,28-30,33-34,38-39,41-45,51,53,55-56H,9,18-19,21,23-24,26H2,1-8H3/b17-14+,27-20+/t28-,29+,30-,33+,34-,38-,39-,41?,42-,43?,44-,45+/m1/s1. The summed E-state index contributed by atoms with van der Waals surface area (Å²) >= 11 is 0. The molecule has 2 aromatic carbocycles. The molecule has 0 amide bonds. The van der Waals surface area contributed by atoms with Crippen molar-refractivity contribution in [1.82, 2.24) is 24.8 Å². The van der Waals surface area contributed by atoms with E-state index in [2.05, 4.69) is 39.5 Å². The molecule has 1 aromatic heterocycles. The highest BCUT2D eigenvalue weighted by Crippen LogP contribution is 2.35. The number of esters is 1. The topological polar surface area (TPSA) is 180 Å². The number of hydrogen-bond donors (Lipinski definition) is 4. The molecule has 0 bridgehead atoms. The minimum absolute atomic E-state index is 0.0992. The van der Waals surface area contributed by atoms with Crippen molar-refractivity contribution in [3.8, 4) is 5.69 Å². The fourth-order valence-electron chi connectivity index (χ4n) is 8.42. The van der Waals surface area contributed by atoms with E-state index in [-0.39, 0.29) is 24.7 Å². The summed E-state index contributed by atoms with van der Waals surface area (Å²) in [6.07, 6.45) is 1.13. The van der Waals surface area contributed by atoms with E-state index < -0.39 is 72.7 Å². The molecular weight excluding hydrogens is 755 g/mol. The molecular formula is C45H65N5O9. The van der Waals surface area contributed by atoms with Crippen LogP contribution in [0, 0.1) is 23.7 Å². The van der Waals surface area contributed by atoms with Gasteiger partial charge in [-0.15, -0.1) is 5.10 Å². The number of aromatic nitrogens is 3. The highest BCUT2D eigenvalue weighted by Gasteiger charge is 2.47. The predicted octanol–water partition coefficient (Wildman–Crippen LogP) is 4.07. The Kier molecular flexibility index (Phi) is 16.5. The summed E-state index contributed by atoms with van der Waals surface area (Å²) in [5.74, 6) is -2.75. The third kappa shape index (κ3) is 11.9. The van der Waals surface area contributed by atoms with Crippen LogP contribution in [0.3, 0.4) is 0 Å². The van der Waals surface area contributed by atoms with Gasteiger partial charge in [0.25, 0.3) is 0 Å². The van der Waals surface area contributed by atoms with E-state index in [9.17, 15) is 30.0 Å². The zero-order chi connectivity index (χ0) is 43.0. The summed E-state index contributed by atoms with van der Waals surface area (Å²) in [6, 6.07) is 13.6. The van der Waals surface area contributed by atoms with Crippen LogP contribution >= 0.6 is 0 Å². The van der Waals surface area contributed by atoms with Crippen molar-refractivity contribution >= 4 is 22.5 Å². The molecule has 1 saturated heterocycles. The lowest BCUT2D eigenvalue weighted by Gasteiger charge is -2.46. The first kappa shape index (κ1) is 46.2. The number of hydrogen-bond acceptors (Lipinski definition) is 13. The van der Waals surface area contributed by atoms with Crippen molar-refractivity contribution in [2.24, 2.45) is 23.7 Å². The fraction of sp³-hybridized carbons (Fsp3) is 0.600. The maximum atomic E-state index is 13.7. The Balaban J connectivity index is 1.44. The maximum Gasteiger partial charge on any atom is 0.308 e. The number of rotatable bonds is 11. The number of aliphatic hydroxyl groups is 4. The number of benzene rings is 2. The first-order valence-electron chi connectivity index (χ1n) is 20.9. The summed E-state index contributed by atoms with van der Waals surface area (Å²) in [7, 11) is 5.50. The van der Waals surface area contributed by atoms with E-state index in [1.165, 1.54) is 0 Å². The lowest BCUT2D eigenvalue weighted by atomic mass is 9.79. The number of allylic oxidation sites excluding steroid dienone is 3. The van der Waals surface area contributed by atoms with Gasteiger partial charge in [0.05, 0.1) is 61.1 Å². The number of carbonyl (C=O) groups excluding carboxylic acids is 2. The molecule has 14 heteroatoms. The van der Waals surface area contributed by atoms with Gasteiger partial charge in [-0.2, -0.15) is 0 Å². The average molecular weight is 820 g/mol. The van der Waals surface area contributed by atoms with Crippen molar-refractivity contribution in [2.75, 3.05) is 34.3 Å². The molecule has 2 aliphatic rings. The van der Waals surface area contributed by atoms with Crippen molar-refractivity contribution in [3.05, 3.63) is 78.2 Å². The van der Waals surface area contributed by atoms with Crippen molar-refractivity contribution in [2.45, 2.75) is 116 Å². The first-order chi connectivity index (χ1) is 28.1. The minimum atomic E-state index is -1.25. The average Bonchev–Trinajstić information content (AvgIpc) is 3.68. The summed E-state index contributed by atoms with van der Waals surface area (Å²) in [5.41, 5.74) is 2.41. The Hall–Kier alpha value is -3.86. The molecule has 2 unspecified atom stereocenters. The molecule has 0 spiro atoms. The number of likely N-dealkylation sites (N-methyl/N-ethyl adjacent to an activating group) is 1. The second-order valence-electron chi connectivity index (χ2n) is 16.9. The van der Waals surface area contributed by atoms with Crippen molar-refractivity contribution < 1.29 is 44.2 Å². The number of aliphatic hydroxyl groups excluding tert-OH is 4. The van der Waals surface area contributed by atoms with Crippen LogP contribution in [0.15, 0.2) is 72.5 Å². The van der Waals surface area contributed by atoms with E-state index in [1.807, 2.05) is 52.2 Å². The lowest BCUT2D eigenvalue weighted by molar-refractivity contribution is -0.304. The van der Waals surface area contributed by atoms with Crippen molar-refractivity contribution in [1.29, 1.82) is 0 Å². The van der Waals surface area contributed by atoms with Gasteiger partial charge in [-0.25, -0.2) is 4.68 Å². The van der Waals surface area contributed by atoms with Crippen LogP contribution in [-0.4, -0.2) is 140 Å². The fourth-order valence-corrected chi connectivity index (χ4v) is 8.42. The number of cyclic esters (lactones) is 1. The molecule has 4 N–H and O–H groups in total. The van der Waals surface area contributed by atoms with Gasteiger partial charge in [0.15, 0.2) is 12.1 Å². The van der Waals surface area contributed by atoms with Crippen LogP contribution in [0.2, 0.25) is 0 Å². The zero-order valence-electron chi connectivity index (χ0n) is 35.8. The summed E-state index contributed by atoms with van der Waals surface area (Å²) < 4.78 is 20.5. The van der Waals surface area contributed by atoms with E-state index in [4.69, 9.17) is 14.2 Å². The maximum absolute atomic E-state index is 13.7. The molecule has 14 nitrogen and oxygen atoms in total. The molecule has 1 fully saturated rings. The van der Waals surface area contributed by atoms with E-state index in [1.54, 1.807) is 55.8 Å². The third-order valence-corrected chi connectivity index (χ3v) is 12.0. The van der Waals surface area contributed by atoms with Crippen LogP contribution in [0.1, 0.15) is 66.0 Å². The summed E-state index contributed by atoms with van der Waals surface area (Å²) in [6.45, 7) is 9.82. The van der Waals surface area contributed by atoms with E-state index in [0.29, 0.717) is 32.4 Å². The predicted molar refractivity (Wildman–Crippen MR) is 224 cm³/mol. The monoisotopic (exact) mass is 819 g/mol. The molecule has 0 saturated carbocycles. The highest BCUT2D eigenvalue weighted by atomic mass is 16.7. The van der Waals surface area contributed by atoms with Gasteiger partial charge in [0.1, 0.15) is 12.2 Å². The molecule has 5 rings (SSSR count). The molecule has 3 aromatic rings. The molecule has 2 aliphatic heterocycles.